The van der Waals surface area contributed by atoms with Crippen molar-refractivity contribution in [2.45, 2.75) is 25.2 Å². The minimum Gasteiger partial charge on any atom is -0.483 e. The van der Waals surface area contributed by atoms with E-state index in [-0.39, 0.29) is 36.3 Å². The van der Waals surface area contributed by atoms with Gasteiger partial charge in [0.2, 0.25) is 10.0 Å². The van der Waals surface area contributed by atoms with E-state index in [1.807, 2.05) is 24.3 Å². The molecule has 0 unspecified atom stereocenters. The topological polar surface area (TPSA) is 93.0 Å². The first-order valence-corrected chi connectivity index (χ1v) is 12.1. The first-order valence-electron chi connectivity index (χ1n) is 10.3. The standard InChI is InChI=1S/C22H24ClN3O5S/c1-15-22(16(2)31-24-15)32(28,29)26-11-5-10-25(12-13-26)21(27)14-30-20-9-8-19(23)17-6-3-4-7-18(17)20/h3-4,6-9H,5,10-14H2,1-2H3. The Morgan fingerprint density at radius 2 is 1.84 bits per heavy atom. The summed E-state index contributed by atoms with van der Waals surface area (Å²) in [6.07, 6.45) is 0.526. The zero-order chi connectivity index (χ0) is 22.9. The molecule has 0 aliphatic carbocycles. The van der Waals surface area contributed by atoms with Crippen molar-refractivity contribution in [1.29, 1.82) is 0 Å². The number of benzene rings is 2. The molecule has 10 heteroatoms. The molecule has 1 aliphatic heterocycles. The van der Waals surface area contributed by atoms with Crippen LogP contribution in [0.15, 0.2) is 45.8 Å². The van der Waals surface area contributed by atoms with E-state index in [0.717, 1.165) is 10.8 Å². The van der Waals surface area contributed by atoms with Gasteiger partial charge >= 0.3 is 0 Å². The number of carbonyl (C=O) groups excluding carboxylic acids is 1. The number of hydrogen-bond acceptors (Lipinski definition) is 6. The maximum Gasteiger partial charge on any atom is 0.260 e. The molecule has 2 heterocycles. The van der Waals surface area contributed by atoms with Gasteiger partial charge in [-0.15, -0.1) is 0 Å². The third-order valence-corrected chi connectivity index (χ3v) is 8.03. The van der Waals surface area contributed by atoms with E-state index in [1.165, 1.54) is 4.31 Å². The third kappa shape index (κ3) is 4.32. The number of carbonyl (C=O) groups is 1. The quantitative estimate of drug-likeness (QED) is 0.559. The van der Waals surface area contributed by atoms with Crippen molar-refractivity contribution in [3.63, 3.8) is 0 Å². The number of ether oxygens (including phenoxy) is 1. The fraction of sp³-hybridized carbons (Fsp3) is 0.364. The molecule has 8 nitrogen and oxygen atoms in total. The first kappa shape index (κ1) is 22.6. The number of rotatable bonds is 5. The van der Waals surface area contributed by atoms with Crippen LogP contribution in [-0.4, -0.2) is 61.5 Å². The molecule has 0 N–H and O–H groups in total. The molecule has 0 bridgehead atoms. The van der Waals surface area contributed by atoms with Crippen molar-refractivity contribution >= 4 is 38.3 Å². The summed E-state index contributed by atoms with van der Waals surface area (Å²) in [5.41, 5.74) is 0.336. The Morgan fingerprint density at radius 1 is 1.09 bits per heavy atom. The molecule has 0 saturated carbocycles. The van der Waals surface area contributed by atoms with Crippen molar-refractivity contribution in [3.05, 3.63) is 52.9 Å². The van der Waals surface area contributed by atoms with Crippen molar-refractivity contribution < 1.29 is 22.5 Å². The maximum atomic E-state index is 13.1. The van der Waals surface area contributed by atoms with Crippen LogP contribution < -0.4 is 4.74 Å². The van der Waals surface area contributed by atoms with Crippen LogP contribution in [0.3, 0.4) is 0 Å². The minimum atomic E-state index is -3.74. The van der Waals surface area contributed by atoms with Gasteiger partial charge in [-0.2, -0.15) is 4.31 Å². The lowest BCUT2D eigenvalue weighted by Gasteiger charge is -2.22. The van der Waals surface area contributed by atoms with E-state index in [1.54, 1.807) is 30.9 Å². The van der Waals surface area contributed by atoms with Crippen LogP contribution in [-0.2, 0) is 14.8 Å². The summed E-state index contributed by atoms with van der Waals surface area (Å²) in [6.45, 7) is 4.31. The molecule has 1 aromatic heterocycles. The number of hydrogen-bond donors (Lipinski definition) is 0. The molecule has 0 radical (unpaired) electrons. The molecular formula is C22H24ClN3O5S. The van der Waals surface area contributed by atoms with E-state index in [2.05, 4.69) is 5.16 Å². The van der Waals surface area contributed by atoms with Gasteiger partial charge in [-0.1, -0.05) is 41.0 Å². The average Bonchev–Trinajstić information content (AvgIpc) is 2.97. The Hall–Kier alpha value is -2.62. The Bertz CT molecular complexity index is 1240. The van der Waals surface area contributed by atoms with Gasteiger partial charge in [-0.3, -0.25) is 4.79 Å². The summed E-state index contributed by atoms with van der Waals surface area (Å²) in [5, 5.41) is 6.06. The van der Waals surface area contributed by atoms with Crippen LogP contribution in [0.2, 0.25) is 5.02 Å². The highest BCUT2D eigenvalue weighted by molar-refractivity contribution is 7.89. The molecule has 4 rings (SSSR count). The van der Waals surface area contributed by atoms with Gasteiger partial charge in [0.25, 0.3) is 5.91 Å². The predicted octanol–water partition coefficient (Wildman–Crippen LogP) is 3.40. The van der Waals surface area contributed by atoms with Crippen LogP contribution in [0.1, 0.15) is 17.9 Å². The molecule has 32 heavy (non-hydrogen) atoms. The van der Waals surface area contributed by atoms with E-state index in [9.17, 15) is 13.2 Å². The molecule has 1 amide bonds. The largest absolute Gasteiger partial charge is 0.483 e. The smallest absolute Gasteiger partial charge is 0.260 e. The monoisotopic (exact) mass is 477 g/mol. The Labute approximate surface area is 191 Å². The second kappa shape index (κ2) is 9.09. The van der Waals surface area contributed by atoms with Crippen molar-refractivity contribution in [1.82, 2.24) is 14.4 Å². The molecule has 1 aliphatic rings. The van der Waals surface area contributed by atoms with Gasteiger partial charge in [0.15, 0.2) is 12.4 Å². The van der Waals surface area contributed by atoms with Gasteiger partial charge in [0.1, 0.15) is 16.3 Å². The van der Waals surface area contributed by atoms with E-state index < -0.39 is 10.0 Å². The highest BCUT2D eigenvalue weighted by Gasteiger charge is 2.33. The second-order valence-electron chi connectivity index (χ2n) is 7.67. The van der Waals surface area contributed by atoms with Gasteiger partial charge in [-0.05, 0) is 32.4 Å². The lowest BCUT2D eigenvalue weighted by molar-refractivity contribution is -0.133. The third-order valence-electron chi connectivity index (χ3n) is 5.56. The molecule has 3 aromatic rings. The SMILES string of the molecule is Cc1noc(C)c1S(=O)(=O)N1CCCN(C(=O)COc2ccc(Cl)c3ccccc23)CC1. The van der Waals surface area contributed by atoms with Gasteiger partial charge in [0, 0.05) is 42.0 Å². The Kier molecular flexibility index (Phi) is 6.41. The van der Waals surface area contributed by atoms with Crippen LogP contribution in [0.5, 0.6) is 5.75 Å². The fourth-order valence-corrected chi connectivity index (χ4v) is 5.94. The summed E-state index contributed by atoms with van der Waals surface area (Å²) < 4.78 is 38.4. The lowest BCUT2D eigenvalue weighted by atomic mass is 10.1. The van der Waals surface area contributed by atoms with Gasteiger partial charge < -0.3 is 14.2 Å². The highest BCUT2D eigenvalue weighted by Crippen LogP contribution is 2.31. The molecule has 170 valence electrons. The van der Waals surface area contributed by atoms with Crippen molar-refractivity contribution in [3.8, 4) is 5.75 Å². The average molecular weight is 478 g/mol. The molecule has 0 atom stereocenters. The molecule has 1 fully saturated rings. The summed E-state index contributed by atoms with van der Waals surface area (Å²) in [4.78, 5) is 14.5. The van der Waals surface area contributed by atoms with E-state index in [4.69, 9.17) is 20.9 Å². The predicted molar refractivity (Wildman–Crippen MR) is 120 cm³/mol. The van der Waals surface area contributed by atoms with Crippen molar-refractivity contribution in [2.75, 3.05) is 32.8 Å². The molecular weight excluding hydrogens is 454 g/mol. The normalized spacial score (nSPS) is 15.7. The second-order valence-corrected chi connectivity index (χ2v) is 9.95. The van der Waals surface area contributed by atoms with E-state index in [0.29, 0.717) is 36.0 Å². The summed E-state index contributed by atoms with van der Waals surface area (Å²) in [7, 11) is -3.74. The van der Waals surface area contributed by atoms with Crippen molar-refractivity contribution in [2.24, 2.45) is 0 Å². The molecule has 0 spiro atoms. The summed E-state index contributed by atoms with van der Waals surface area (Å²) in [5.74, 6) is 0.652. The zero-order valence-corrected chi connectivity index (χ0v) is 19.4. The van der Waals surface area contributed by atoms with Gasteiger partial charge in [0.05, 0.1) is 0 Å². The lowest BCUT2D eigenvalue weighted by Crippen LogP contribution is -2.39. The minimum absolute atomic E-state index is 0.107. The summed E-state index contributed by atoms with van der Waals surface area (Å²) >= 11 is 6.24. The van der Waals surface area contributed by atoms with Crippen LogP contribution in [0.25, 0.3) is 10.8 Å². The Morgan fingerprint density at radius 3 is 2.56 bits per heavy atom. The van der Waals surface area contributed by atoms with Crippen LogP contribution in [0.4, 0.5) is 0 Å². The van der Waals surface area contributed by atoms with E-state index >= 15 is 0 Å². The van der Waals surface area contributed by atoms with Crippen LogP contribution >= 0.6 is 11.6 Å². The number of sulfonamides is 1. The number of halogens is 1. The Balaban J connectivity index is 1.42. The fourth-order valence-electron chi connectivity index (χ4n) is 3.95. The summed E-state index contributed by atoms with van der Waals surface area (Å²) in [6, 6.07) is 11.1. The first-order chi connectivity index (χ1) is 15.3. The van der Waals surface area contributed by atoms with Gasteiger partial charge in [-0.25, -0.2) is 8.42 Å². The molecule has 1 saturated heterocycles. The number of amides is 1. The number of aryl methyl sites for hydroxylation is 2. The zero-order valence-electron chi connectivity index (χ0n) is 17.9. The molecule has 2 aromatic carbocycles. The number of fused-ring (bicyclic) bond motifs is 1. The number of nitrogens with zero attached hydrogens (tertiary/aromatic N) is 3. The highest BCUT2D eigenvalue weighted by atomic mass is 35.5. The number of aromatic nitrogens is 1. The van der Waals surface area contributed by atoms with Crippen LogP contribution in [0, 0.1) is 13.8 Å². The maximum absolute atomic E-state index is 13.1.